The van der Waals surface area contributed by atoms with Gasteiger partial charge < -0.3 is 19.3 Å². The van der Waals surface area contributed by atoms with Crippen LogP contribution in [-0.2, 0) is 13.0 Å². The first-order chi connectivity index (χ1) is 12.3. The normalized spacial score (nSPS) is 16.7. The SMILES string of the molecule is COc1cc2c(cc1OC)CN(c1nncc(N3CCCC3)n1)CC2. The Hall–Kier alpha value is -2.57. The monoisotopic (exact) mass is 341 g/mol. The van der Waals surface area contributed by atoms with E-state index in [9.17, 15) is 0 Å². The second-order valence-electron chi connectivity index (χ2n) is 6.46. The van der Waals surface area contributed by atoms with Crippen molar-refractivity contribution in [2.24, 2.45) is 0 Å². The minimum atomic E-state index is 0.699. The summed E-state index contributed by atoms with van der Waals surface area (Å²) in [5.41, 5.74) is 2.51. The van der Waals surface area contributed by atoms with E-state index in [4.69, 9.17) is 14.5 Å². The van der Waals surface area contributed by atoms with Crippen LogP contribution in [0.4, 0.5) is 11.8 Å². The largest absolute Gasteiger partial charge is 0.493 e. The minimum absolute atomic E-state index is 0.699. The molecule has 0 bridgehead atoms. The van der Waals surface area contributed by atoms with Crippen LogP contribution in [0.2, 0.25) is 0 Å². The number of hydrogen-bond donors (Lipinski definition) is 0. The summed E-state index contributed by atoms with van der Waals surface area (Å²) < 4.78 is 10.8. The van der Waals surface area contributed by atoms with Crippen molar-refractivity contribution in [3.63, 3.8) is 0 Å². The van der Waals surface area contributed by atoms with Crippen molar-refractivity contribution < 1.29 is 9.47 Å². The Bertz CT molecular complexity index is 761. The summed E-state index contributed by atoms with van der Waals surface area (Å²) in [6, 6.07) is 4.13. The fraction of sp³-hybridized carbons (Fsp3) is 0.500. The molecular weight excluding hydrogens is 318 g/mol. The van der Waals surface area contributed by atoms with Crippen molar-refractivity contribution in [2.45, 2.75) is 25.8 Å². The lowest BCUT2D eigenvalue weighted by Gasteiger charge is -2.29. The van der Waals surface area contributed by atoms with Crippen LogP contribution in [-0.4, -0.2) is 49.0 Å². The van der Waals surface area contributed by atoms with Gasteiger partial charge in [-0.2, -0.15) is 10.1 Å². The molecule has 0 aliphatic carbocycles. The molecule has 2 aromatic rings. The van der Waals surface area contributed by atoms with Crippen molar-refractivity contribution in [3.8, 4) is 11.5 Å². The molecule has 1 fully saturated rings. The van der Waals surface area contributed by atoms with Gasteiger partial charge in [0.15, 0.2) is 17.3 Å². The predicted molar refractivity (Wildman–Crippen MR) is 95.6 cm³/mol. The van der Waals surface area contributed by atoms with Crippen LogP contribution in [0.3, 0.4) is 0 Å². The maximum atomic E-state index is 5.44. The quantitative estimate of drug-likeness (QED) is 0.843. The zero-order valence-electron chi connectivity index (χ0n) is 14.7. The average molecular weight is 341 g/mol. The van der Waals surface area contributed by atoms with Crippen molar-refractivity contribution in [1.29, 1.82) is 0 Å². The highest BCUT2D eigenvalue weighted by molar-refractivity contribution is 5.51. The highest BCUT2D eigenvalue weighted by Crippen LogP contribution is 2.34. The fourth-order valence-electron chi connectivity index (χ4n) is 3.57. The minimum Gasteiger partial charge on any atom is -0.493 e. The topological polar surface area (TPSA) is 63.6 Å². The smallest absolute Gasteiger partial charge is 0.247 e. The third-order valence-electron chi connectivity index (χ3n) is 4.97. The lowest BCUT2D eigenvalue weighted by molar-refractivity contribution is 0.353. The molecular formula is C18H23N5O2. The van der Waals surface area contributed by atoms with E-state index < -0.39 is 0 Å². The molecule has 0 atom stereocenters. The van der Waals surface area contributed by atoms with E-state index in [1.165, 1.54) is 24.0 Å². The van der Waals surface area contributed by atoms with E-state index in [1.807, 2.05) is 0 Å². The number of methoxy groups -OCH3 is 2. The number of benzene rings is 1. The summed E-state index contributed by atoms with van der Waals surface area (Å²) >= 11 is 0. The molecule has 132 valence electrons. The molecule has 1 aromatic carbocycles. The van der Waals surface area contributed by atoms with E-state index in [2.05, 4.69) is 32.1 Å². The van der Waals surface area contributed by atoms with Crippen LogP contribution < -0.4 is 19.3 Å². The second kappa shape index (κ2) is 6.74. The lowest BCUT2D eigenvalue weighted by Crippen LogP contribution is -2.32. The van der Waals surface area contributed by atoms with Crippen LogP contribution in [0.25, 0.3) is 0 Å². The summed E-state index contributed by atoms with van der Waals surface area (Å²) in [7, 11) is 3.33. The summed E-state index contributed by atoms with van der Waals surface area (Å²) in [6.45, 7) is 3.73. The predicted octanol–water partition coefficient (Wildman–Crippen LogP) is 2.05. The Labute approximate surface area is 147 Å². The van der Waals surface area contributed by atoms with Gasteiger partial charge in [-0.25, -0.2) is 0 Å². The van der Waals surface area contributed by atoms with Crippen molar-refractivity contribution in [1.82, 2.24) is 15.2 Å². The first-order valence-electron chi connectivity index (χ1n) is 8.72. The molecule has 0 amide bonds. The summed E-state index contributed by atoms with van der Waals surface area (Å²) in [5, 5.41) is 8.45. The zero-order chi connectivity index (χ0) is 17.2. The Morgan fingerprint density at radius 2 is 1.64 bits per heavy atom. The van der Waals surface area contributed by atoms with Gasteiger partial charge in [0, 0.05) is 26.2 Å². The van der Waals surface area contributed by atoms with Crippen LogP contribution in [0.15, 0.2) is 18.3 Å². The number of ether oxygens (including phenoxy) is 2. The van der Waals surface area contributed by atoms with Gasteiger partial charge in [-0.3, -0.25) is 0 Å². The van der Waals surface area contributed by atoms with E-state index >= 15 is 0 Å². The maximum Gasteiger partial charge on any atom is 0.247 e. The van der Waals surface area contributed by atoms with E-state index in [0.717, 1.165) is 49.9 Å². The van der Waals surface area contributed by atoms with Gasteiger partial charge in [0.25, 0.3) is 0 Å². The molecule has 3 heterocycles. The molecule has 0 N–H and O–H groups in total. The molecule has 25 heavy (non-hydrogen) atoms. The Balaban J connectivity index is 1.59. The Morgan fingerprint density at radius 3 is 2.36 bits per heavy atom. The first kappa shape index (κ1) is 15.9. The number of aromatic nitrogens is 3. The van der Waals surface area contributed by atoms with E-state index in [1.54, 1.807) is 20.4 Å². The zero-order valence-corrected chi connectivity index (χ0v) is 14.7. The van der Waals surface area contributed by atoms with Gasteiger partial charge in [0.2, 0.25) is 5.95 Å². The Morgan fingerprint density at radius 1 is 0.920 bits per heavy atom. The number of anilines is 2. The van der Waals surface area contributed by atoms with E-state index in [0.29, 0.717) is 5.95 Å². The molecule has 2 aliphatic heterocycles. The molecule has 1 aromatic heterocycles. The number of fused-ring (bicyclic) bond motifs is 1. The first-order valence-corrected chi connectivity index (χ1v) is 8.72. The molecule has 1 saturated heterocycles. The lowest BCUT2D eigenvalue weighted by atomic mass is 9.99. The maximum absolute atomic E-state index is 5.44. The van der Waals surface area contributed by atoms with Crippen molar-refractivity contribution >= 4 is 11.8 Å². The summed E-state index contributed by atoms with van der Waals surface area (Å²) in [4.78, 5) is 9.21. The summed E-state index contributed by atoms with van der Waals surface area (Å²) in [6.07, 6.45) is 5.13. The van der Waals surface area contributed by atoms with Gasteiger partial charge in [0.1, 0.15) is 0 Å². The van der Waals surface area contributed by atoms with Gasteiger partial charge >= 0.3 is 0 Å². The highest BCUT2D eigenvalue weighted by Gasteiger charge is 2.23. The molecule has 0 unspecified atom stereocenters. The third kappa shape index (κ3) is 3.06. The fourth-order valence-corrected chi connectivity index (χ4v) is 3.57. The summed E-state index contributed by atoms with van der Waals surface area (Å²) in [5.74, 6) is 3.17. The molecule has 2 aliphatic rings. The van der Waals surface area contributed by atoms with Crippen LogP contribution in [0, 0.1) is 0 Å². The third-order valence-corrected chi connectivity index (χ3v) is 4.97. The van der Waals surface area contributed by atoms with Gasteiger partial charge in [-0.15, -0.1) is 5.10 Å². The standard InChI is InChI=1S/C18H23N5O2/c1-24-15-9-13-5-8-23(12-14(13)10-16(15)25-2)18-20-17(11-19-21-18)22-6-3-4-7-22/h9-11H,3-8,12H2,1-2H3. The molecule has 4 rings (SSSR count). The van der Waals surface area contributed by atoms with Gasteiger partial charge in [0.05, 0.1) is 20.4 Å². The van der Waals surface area contributed by atoms with Gasteiger partial charge in [-0.05, 0) is 42.5 Å². The average Bonchev–Trinajstić information content (AvgIpc) is 3.21. The Kier molecular flexibility index (Phi) is 4.29. The number of rotatable bonds is 4. The van der Waals surface area contributed by atoms with Gasteiger partial charge in [-0.1, -0.05) is 0 Å². The van der Waals surface area contributed by atoms with E-state index in [-0.39, 0.29) is 0 Å². The number of nitrogens with zero attached hydrogens (tertiary/aromatic N) is 5. The van der Waals surface area contributed by atoms with Crippen molar-refractivity contribution in [2.75, 3.05) is 43.7 Å². The molecule has 0 spiro atoms. The highest BCUT2D eigenvalue weighted by atomic mass is 16.5. The molecule has 7 nitrogen and oxygen atoms in total. The molecule has 0 radical (unpaired) electrons. The van der Waals surface area contributed by atoms with Crippen LogP contribution >= 0.6 is 0 Å². The van der Waals surface area contributed by atoms with Crippen LogP contribution in [0.5, 0.6) is 11.5 Å². The van der Waals surface area contributed by atoms with Crippen LogP contribution in [0.1, 0.15) is 24.0 Å². The second-order valence-corrected chi connectivity index (χ2v) is 6.46. The molecule has 0 saturated carbocycles. The molecule has 7 heteroatoms. The van der Waals surface area contributed by atoms with Crippen molar-refractivity contribution in [3.05, 3.63) is 29.5 Å². The number of hydrogen-bond acceptors (Lipinski definition) is 7.